The number of amides is 1. The Kier molecular flexibility index (Phi) is 6.84. The van der Waals surface area contributed by atoms with E-state index < -0.39 is 35.8 Å². The van der Waals surface area contributed by atoms with Crippen molar-refractivity contribution < 1.29 is 28.5 Å². The normalized spacial score (nSPS) is 18.6. The first-order valence-electron chi connectivity index (χ1n) is 9.02. The highest BCUT2D eigenvalue weighted by molar-refractivity contribution is 14.1. The first kappa shape index (κ1) is 22.3. The number of nitrogens with zero attached hydrogens (tertiary/aromatic N) is 1. The van der Waals surface area contributed by atoms with Crippen molar-refractivity contribution in [2.75, 3.05) is 13.2 Å². The summed E-state index contributed by atoms with van der Waals surface area (Å²) in [5.74, 6) is -2.35. The van der Waals surface area contributed by atoms with Crippen LogP contribution in [0.5, 0.6) is 5.75 Å². The number of carbonyl (C=O) groups is 1. The third kappa shape index (κ3) is 4.37. The van der Waals surface area contributed by atoms with Gasteiger partial charge in [0.1, 0.15) is 22.9 Å². The monoisotopic (exact) mass is 528 g/mol. The number of hydrogen-bond acceptors (Lipinski definition) is 5. The lowest BCUT2D eigenvalue weighted by molar-refractivity contribution is 0.0750. The molecule has 0 fully saturated rings. The summed E-state index contributed by atoms with van der Waals surface area (Å²) in [6.07, 6.45) is 3.59. The predicted octanol–water partition coefficient (Wildman–Crippen LogP) is 2.67. The predicted molar refractivity (Wildman–Crippen MR) is 116 cm³/mol. The molecule has 1 aliphatic rings. The topological polar surface area (TPSA) is 105 Å². The SMILES string of the molecule is NC(=O)c1c(OCCC(O)CO)cc(F)cc1C1(c2ccc(I)cc2F)C=CC=N1. The molecule has 30 heavy (non-hydrogen) atoms. The fourth-order valence-corrected chi connectivity index (χ4v) is 3.75. The summed E-state index contributed by atoms with van der Waals surface area (Å²) in [7, 11) is 0. The van der Waals surface area contributed by atoms with E-state index in [0.717, 1.165) is 12.1 Å². The highest BCUT2D eigenvalue weighted by atomic mass is 127. The quantitative estimate of drug-likeness (QED) is 0.459. The van der Waals surface area contributed by atoms with Gasteiger partial charge in [0.15, 0.2) is 0 Å². The number of rotatable bonds is 8. The lowest BCUT2D eigenvalue weighted by Crippen LogP contribution is -2.28. The van der Waals surface area contributed by atoms with Crippen molar-refractivity contribution in [1.82, 2.24) is 0 Å². The molecule has 0 radical (unpaired) electrons. The second-order valence-electron chi connectivity index (χ2n) is 6.69. The Bertz CT molecular complexity index is 1010. The molecule has 1 amide bonds. The van der Waals surface area contributed by atoms with Crippen LogP contribution in [0.1, 0.15) is 27.9 Å². The Labute approximate surface area is 185 Å². The van der Waals surface area contributed by atoms with E-state index in [1.165, 1.54) is 18.3 Å². The molecular weight excluding hydrogens is 509 g/mol. The van der Waals surface area contributed by atoms with E-state index in [-0.39, 0.29) is 35.5 Å². The van der Waals surface area contributed by atoms with E-state index in [4.69, 9.17) is 15.6 Å². The molecule has 158 valence electrons. The average Bonchev–Trinajstić information content (AvgIpc) is 3.17. The highest BCUT2D eigenvalue weighted by Crippen LogP contribution is 2.43. The first-order chi connectivity index (χ1) is 14.3. The average molecular weight is 528 g/mol. The number of allylic oxidation sites excluding steroid dienone is 1. The summed E-state index contributed by atoms with van der Waals surface area (Å²) in [4.78, 5) is 16.7. The van der Waals surface area contributed by atoms with Gasteiger partial charge in [0.25, 0.3) is 5.91 Å². The maximum Gasteiger partial charge on any atom is 0.252 e. The summed E-state index contributed by atoms with van der Waals surface area (Å²) in [5, 5.41) is 18.4. The van der Waals surface area contributed by atoms with E-state index in [1.54, 1.807) is 18.2 Å². The second kappa shape index (κ2) is 9.19. The van der Waals surface area contributed by atoms with Gasteiger partial charge in [0.05, 0.1) is 24.9 Å². The van der Waals surface area contributed by atoms with E-state index in [9.17, 15) is 18.7 Å². The molecule has 2 aromatic carbocycles. The number of primary amides is 1. The van der Waals surface area contributed by atoms with Crippen LogP contribution in [0.2, 0.25) is 0 Å². The molecule has 0 bridgehead atoms. The first-order valence-corrected chi connectivity index (χ1v) is 10.1. The Hall–Kier alpha value is -2.37. The minimum atomic E-state index is -1.50. The van der Waals surface area contributed by atoms with Crippen molar-refractivity contribution in [1.29, 1.82) is 0 Å². The van der Waals surface area contributed by atoms with Gasteiger partial charge in [0.2, 0.25) is 0 Å². The lowest BCUT2D eigenvalue weighted by Gasteiger charge is -2.29. The van der Waals surface area contributed by atoms with Crippen LogP contribution in [-0.4, -0.2) is 41.7 Å². The Morgan fingerprint density at radius 3 is 2.63 bits per heavy atom. The summed E-state index contributed by atoms with van der Waals surface area (Å²) in [6, 6.07) is 6.60. The van der Waals surface area contributed by atoms with Crippen LogP contribution in [0.3, 0.4) is 0 Å². The van der Waals surface area contributed by atoms with Gasteiger partial charge in [-0.2, -0.15) is 0 Å². The molecular formula is C21H19F2IN2O4. The zero-order valence-electron chi connectivity index (χ0n) is 15.7. The summed E-state index contributed by atoms with van der Waals surface area (Å²) < 4.78 is 35.6. The van der Waals surface area contributed by atoms with Crippen molar-refractivity contribution in [2.45, 2.75) is 18.1 Å². The number of aliphatic imine (C=N–C) groups is 1. The smallest absolute Gasteiger partial charge is 0.252 e. The van der Waals surface area contributed by atoms with Crippen LogP contribution in [0.4, 0.5) is 8.78 Å². The number of aliphatic hydroxyl groups excluding tert-OH is 2. The van der Waals surface area contributed by atoms with Crippen LogP contribution in [0, 0.1) is 15.2 Å². The Balaban J connectivity index is 2.16. The standard InChI is InChI=1S/C21H19F2IN2O4/c22-12-8-16(19(20(25)29)18(9-12)30-7-4-14(28)11-27)21(5-1-6-26-21)15-3-2-13(24)10-17(15)23/h1-3,5-6,8-10,14,27-28H,4,7,11H2,(H2,25,29). The number of benzene rings is 2. The van der Waals surface area contributed by atoms with E-state index >= 15 is 0 Å². The van der Waals surface area contributed by atoms with Gasteiger partial charge in [0, 0.05) is 33.4 Å². The molecule has 2 atom stereocenters. The molecule has 3 rings (SSSR count). The molecule has 0 spiro atoms. The highest BCUT2D eigenvalue weighted by Gasteiger charge is 2.39. The van der Waals surface area contributed by atoms with Crippen molar-refractivity contribution in [3.8, 4) is 5.75 Å². The molecule has 2 unspecified atom stereocenters. The largest absolute Gasteiger partial charge is 0.493 e. The van der Waals surface area contributed by atoms with E-state index in [2.05, 4.69) is 4.99 Å². The van der Waals surface area contributed by atoms with Gasteiger partial charge in [-0.15, -0.1) is 0 Å². The molecule has 2 aromatic rings. The number of carbonyl (C=O) groups excluding carboxylic acids is 1. The number of halogens is 3. The summed E-state index contributed by atoms with van der Waals surface area (Å²) in [6.45, 7) is -0.565. The molecule has 4 N–H and O–H groups in total. The number of ether oxygens (including phenoxy) is 1. The molecule has 1 aliphatic heterocycles. The minimum absolute atomic E-state index is 0.0396. The number of hydrogen-bond donors (Lipinski definition) is 3. The van der Waals surface area contributed by atoms with Gasteiger partial charge >= 0.3 is 0 Å². The molecule has 0 aromatic heterocycles. The molecule has 6 nitrogen and oxygen atoms in total. The minimum Gasteiger partial charge on any atom is -0.493 e. The number of nitrogens with two attached hydrogens (primary N) is 1. The van der Waals surface area contributed by atoms with Gasteiger partial charge in [-0.05, 0) is 52.9 Å². The van der Waals surface area contributed by atoms with Gasteiger partial charge in [-0.25, -0.2) is 8.78 Å². The van der Waals surface area contributed by atoms with Gasteiger partial charge < -0.3 is 20.7 Å². The third-order valence-electron chi connectivity index (χ3n) is 4.69. The van der Waals surface area contributed by atoms with Gasteiger partial charge in [-0.1, -0.05) is 6.07 Å². The van der Waals surface area contributed by atoms with Crippen LogP contribution < -0.4 is 10.5 Å². The second-order valence-corrected chi connectivity index (χ2v) is 7.94. The summed E-state index contributed by atoms with van der Waals surface area (Å²) in [5.41, 5.74) is 4.12. The fourth-order valence-electron chi connectivity index (χ4n) is 3.29. The summed E-state index contributed by atoms with van der Waals surface area (Å²) >= 11 is 1.97. The van der Waals surface area contributed by atoms with Crippen molar-refractivity contribution >= 4 is 34.7 Å². The Morgan fingerprint density at radius 1 is 1.27 bits per heavy atom. The number of aliphatic hydroxyl groups is 2. The molecule has 1 heterocycles. The van der Waals surface area contributed by atoms with Crippen molar-refractivity contribution in [2.24, 2.45) is 10.7 Å². The van der Waals surface area contributed by atoms with E-state index in [1.807, 2.05) is 22.6 Å². The fraction of sp³-hybridized carbons (Fsp3) is 0.238. The van der Waals surface area contributed by atoms with Crippen molar-refractivity contribution in [3.63, 3.8) is 0 Å². The van der Waals surface area contributed by atoms with Crippen LogP contribution in [0.25, 0.3) is 0 Å². The van der Waals surface area contributed by atoms with Crippen molar-refractivity contribution in [3.05, 3.63) is 74.4 Å². The zero-order valence-corrected chi connectivity index (χ0v) is 17.8. The molecule has 0 aliphatic carbocycles. The molecule has 9 heteroatoms. The van der Waals surface area contributed by atoms with Crippen LogP contribution in [0.15, 0.2) is 47.5 Å². The molecule has 0 saturated carbocycles. The maximum absolute atomic E-state index is 14.9. The zero-order chi connectivity index (χ0) is 21.9. The van der Waals surface area contributed by atoms with Gasteiger partial charge in [-0.3, -0.25) is 9.79 Å². The lowest BCUT2D eigenvalue weighted by atomic mass is 9.80. The molecule has 0 saturated heterocycles. The Morgan fingerprint density at radius 2 is 2.03 bits per heavy atom. The third-order valence-corrected chi connectivity index (χ3v) is 5.36. The van der Waals surface area contributed by atoms with E-state index in [0.29, 0.717) is 3.57 Å². The van der Waals surface area contributed by atoms with Crippen LogP contribution in [-0.2, 0) is 5.54 Å². The van der Waals surface area contributed by atoms with Crippen LogP contribution >= 0.6 is 22.6 Å². The maximum atomic E-state index is 14.9.